The number of amides is 2. The molecule has 2 amide bonds. The van der Waals surface area contributed by atoms with Crippen LogP contribution in [0, 0.1) is 5.92 Å². The van der Waals surface area contributed by atoms with Crippen LogP contribution in [0.15, 0.2) is 36.7 Å². The summed E-state index contributed by atoms with van der Waals surface area (Å²) in [4.78, 5) is 37.0. The fourth-order valence-corrected chi connectivity index (χ4v) is 6.17. The second-order valence-electron chi connectivity index (χ2n) is 11.6. The van der Waals surface area contributed by atoms with Gasteiger partial charge in [-0.05, 0) is 81.4 Å². The van der Waals surface area contributed by atoms with E-state index in [1.54, 1.807) is 0 Å². The number of aryl methyl sites for hydroxylation is 1. The number of hydrogen-bond acceptors (Lipinski definition) is 6. The Morgan fingerprint density at radius 3 is 2.51 bits per heavy atom. The summed E-state index contributed by atoms with van der Waals surface area (Å²) in [7, 11) is 2.02. The molecule has 1 N–H and O–H groups in total. The van der Waals surface area contributed by atoms with Crippen molar-refractivity contribution in [3.63, 3.8) is 0 Å². The number of anilines is 1. The Labute approximate surface area is 243 Å². The van der Waals surface area contributed by atoms with Gasteiger partial charge in [-0.15, -0.1) is 0 Å². The molecule has 9 nitrogen and oxygen atoms in total. The third-order valence-electron chi connectivity index (χ3n) is 8.73. The number of aromatic nitrogens is 3. The van der Waals surface area contributed by atoms with Gasteiger partial charge in [0.2, 0.25) is 11.8 Å². The molecule has 0 atom stereocenters. The molecule has 41 heavy (non-hydrogen) atoms. The molecule has 0 saturated carbocycles. The predicted molar refractivity (Wildman–Crippen MR) is 163 cm³/mol. The van der Waals surface area contributed by atoms with Crippen LogP contribution in [-0.4, -0.2) is 87.1 Å². The number of fused-ring (bicyclic) bond motifs is 1. The molecule has 2 saturated heterocycles. The number of carbonyl (C=O) groups excluding carboxylic acids is 2. The van der Waals surface area contributed by atoms with E-state index >= 15 is 0 Å². The number of carbonyl (C=O) groups is 2. The van der Waals surface area contributed by atoms with Crippen LogP contribution in [0.3, 0.4) is 0 Å². The summed E-state index contributed by atoms with van der Waals surface area (Å²) in [6.07, 6.45) is 10.0. The van der Waals surface area contributed by atoms with Crippen LogP contribution in [0.1, 0.15) is 58.1 Å². The van der Waals surface area contributed by atoms with Crippen LogP contribution in [0.4, 0.5) is 5.82 Å². The number of benzene rings is 1. The highest BCUT2D eigenvalue weighted by Crippen LogP contribution is 2.29. The molecule has 0 bridgehead atoms. The largest absolute Gasteiger partial charge is 0.342 e. The Hall–Kier alpha value is -3.30. The number of piperidine rings is 2. The maximum Gasteiger partial charge on any atom is 0.236 e. The Morgan fingerprint density at radius 1 is 1.00 bits per heavy atom. The summed E-state index contributed by atoms with van der Waals surface area (Å²) < 4.78 is 2.00. The number of nitrogens with zero attached hydrogens (tertiary/aromatic N) is 6. The summed E-state index contributed by atoms with van der Waals surface area (Å²) in [5, 5.41) is 9.70. The predicted octanol–water partition coefficient (Wildman–Crippen LogP) is 4.53. The number of rotatable bonds is 10. The lowest BCUT2D eigenvalue weighted by atomic mass is 9.95. The van der Waals surface area contributed by atoms with Crippen LogP contribution in [-0.2, 0) is 23.2 Å². The molecule has 3 aromatic rings. The fourth-order valence-electron chi connectivity index (χ4n) is 6.17. The third kappa shape index (κ3) is 7.13. The first-order chi connectivity index (χ1) is 19.9. The molecular formula is C32H45N7O2. The summed E-state index contributed by atoms with van der Waals surface area (Å²) in [6, 6.07) is 8.36. The van der Waals surface area contributed by atoms with Crippen molar-refractivity contribution in [3.05, 3.63) is 42.4 Å². The monoisotopic (exact) mass is 559 g/mol. The lowest BCUT2D eigenvalue weighted by molar-refractivity contribution is -0.135. The van der Waals surface area contributed by atoms with E-state index in [0.29, 0.717) is 38.3 Å². The van der Waals surface area contributed by atoms with Crippen LogP contribution in [0.25, 0.3) is 21.9 Å². The molecule has 0 unspecified atom stereocenters. The van der Waals surface area contributed by atoms with Crippen molar-refractivity contribution in [2.45, 2.75) is 58.9 Å². The zero-order valence-corrected chi connectivity index (χ0v) is 24.9. The van der Waals surface area contributed by atoms with Gasteiger partial charge in [0.1, 0.15) is 5.82 Å². The van der Waals surface area contributed by atoms with Crippen molar-refractivity contribution >= 4 is 28.4 Å². The first-order valence-corrected chi connectivity index (χ1v) is 15.4. The lowest BCUT2D eigenvalue weighted by Gasteiger charge is -2.32. The van der Waals surface area contributed by atoms with Gasteiger partial charge in [0.05, 0.1) is 18.4 Å². The van der Waals surface area contributed by atoms with E-state index < -0.39 is 0 Å². The number of hydrogen-bond donors (Lipinski definition) is 1. The molecule has 0 spiro atoms. The first kappa shape index (κ1) is 29.2. The zero-order chi connectivity index (χ0) is 28.8. The molecule has 1 aromatic carbocycles. The van der Waals surface area contributed by atoms with Crippen LogP contribution in [0.5, 0.6) is 0 Å². The SMILES string of the molecule is CCCN(CC)CC(=O)N1CCC(C(=O)Nc2cc3cc(-c4cnn(C)c4CN4CCCCC4)ccc3cn2)CC1. The highest BCUT2D eigenvalue weighted by molar-refractivity contribution is 5.95. The molecule has 5 rings (SSSR count). The van der Waals surface area contributed by atoms with Crippen molar-refractivity contribution in [1.29, 1.82) is 0 Å². The molecule has 4 heterocycles. The maximum absolute atomic E-state index is 13.1. The van der Waals surface area contributed by atoms with Crippen molar-refractivity contribution in [2.75, 3.05) is 51.1 Å². The van der Waals surface area contributed by atoms with Crippen LogP contribution >= 0.6 is 0 Å². The molecule has 0 radical (unpaired) electrons. The average Bonchev–Trinajstić information content (AvgIpc) is 3.36. The smallest absolute Gasteiger partial charge is 0.236 e. The normalized spacial score (nSPS) is 16.9. The standard InChI is InChI=1S/C32H45N7O2/c1-4-13-37(5-2)23-31(40)39-16-11-24(12-17-39)32(41)35-30-19-27-18-25(9-10-26(27)20-33-30)28-21-34-36(3)29(28)22-38-14-7-6-8-15-38/h9-10,18-21,24H,4-8,11-17,22-23H2,1-3H3,(H,33,35,41). The van der Waals surface area contributed by atoms with Gasteiger partial charge in [-0.3, -0.25) is 24.1 Å². The topological polar surface area (TPSA) is 86.6 Å². The van der Waals surface area contributed by atoms with E-state index in [2.05, 4.69) is 57.2 Å². The Balaban J connectivity index is 1.22. The first-order valence-electron chi connectivity index (χ1n) is 15.4. The van der Waals surface area contributed by atoms with Gasteiger partial charge in [-0.25, -0.2) is 4.98 Å². The van der Waals surface area contributed by atoms with Gasteiger partial charge in [-0.1, -0.05) is 32.4 Å². The molecule has 2 aromatic heterocycles. The van der Waals surface area contributed by atoms with E-state index in [1.165, 1.54) is 25.0 Å². The minimum atomic E-state index is -0.117. The van der Waals surface area contributed by atoms with E-state index in [-0.39, 0.29) is 17.7 Å². The molecule has 0 aliphatic carbocycles. The van der Waals surface area contributed by atoms with Crippen LogP contribution in [0.2, 0.25) is 0 Å². The Kier molecular flexibility index (Phi) is 9.67. The Bertz CT molecular complexity index is 1340. The van der Waals surface area contributed by atoms with E-state index in [1.807, 2.05) is 35.1 Å². The van der Waals surface area contributed by atoms with Gasteiger partial charge in [-0.2, -0.15) is 5.10 Å². The van der Waals surface area contributed by atoms with Crippen LogP contribution < -0.4 is 5.32 Å². The minimum absolute atomic E-state index is 0.0163. The highest BCUT2D eigenvalue weighted by atomic mass is 16.2. The van der Waals surface area contributed by atoms with Gasteiger partial charge in [0.15, 0.2) is 0 Å². The number of likely N-dealkylation sites (N-methyl/N-ethyl adjacent to an activating group) is 1. The van der Waals surface area contributed by atoms with E-state index in [4.69, 9.17) is 0 Å². The fraction of sp³-hybridized carbons (Fsp3) is 0.562. The van der Waals surface area contributed by atoms with Crippen molar-refractivity contribution < 1.29 is 9.59 Å². The quantitative estimate of drug-likeness (QED) is 0.393. The van der Waals surface area contributed by atoms with Crippen molar-refractivity contribution in [3.8, 4) is 11.1 Å². The van der Waals surface area contributed by atoms with Crippen molar-refractivity contribution in [2.24, 2.45) is 13.0 Å². The molecular weight excluding hydrogens is 514 g/mol. The molecule has 220 valence electrons. The maximum atomic E-state index is 13.1. The van der Waals surface area contributed by atoms with Gasteiger partial charge in [0.25, 0.3) is 0 Å². The lowest BCUT2D eigenvalue weighted by Crippen LogP contribution is -2.45. The number of nitrogens with one attached hydrogen (secondary N) is 1. The van der Waals surface area contributed by atoms with E-state index in [0.717, 1.165) is 61.0 Å². The van der Waals surface area contributed by atoms with Crippen molar-refractivity contribution in [1.82, 2.24) is 29.5 Å². The molecule has 2 aliphatic heterocycles. The molecule has 2 aliphatic rings. The number of likely N-dealkylation sites (tertiary alicyclic amines) is 2. The molecule has 9 heteroatoms. The summed E-state index contributed by atoms with van der Waals surface area (Å²) in [5.41, 5.74) is 3.51. The average molecular weight is 560 g/mol. The summed E-state index contributed by atoms with van der Waals surface area (Å²) >= 11 is 0. The van der Waals surface area contributed by atoms with E-state index in [9.17, 15) is 9.59 Å². The second-order valence-corrected chi connectivity index (χ2v) is 11.6. The summed E-state index contributed by atoms with van der Waals surface area (Å²) in [5.74, 6) is 0.598. The highest BCUT2D eigenvalue weighted by Gasteiger charge is 2.28. The van der Waals surface area contributed by atoms with Gasteiger partial charge < -0.3 is 10.2 Å². The van der Waals surface area contributed by atoms with Gasteiger partial charge in [0, 0.05) is 49.7 Å². The molecule has 2 fully saturated rings. The third-order valence-corrected chi connectivity index (χ3v) is 8.73. The minimum Gasteiger partial charge on any atom is -0.342 e. The van der Waals surface area contributed by atoms with Gasteiger partial charge >= 0.3 is 0 Å². The second kappa shape index (κ2) is 13.6. The summed E-state index contributed by atoms with van der Waals surface area (Å²) in [6.45, 7) is 10.9. The Morgan fingerprint density at radius 2 is 1.78 bits per heavy atom. The zero-order valence-electron chi connectivity index (χ0n) is 24.9. The number of pyridine rings is 1.